The Labute approximate surface area is 223 Å². The third-order valence-electron chi connectivity index (χ3n) is 7.87. The largest absolute Gasteiger partial charge is 0.495 e. The number of hydrogen-bond acceptors (Lipinski definition) is 6. The van der Waals surface area contributed by atoms with Crippen LogP contribution >= 0.6 is 11.6 Å². The predicted octanol–water partition coefficient (Wildman–Crippen LogP) is 5.89. The first-order chi connectivity index (χ1) is 18.1. The van der Waals surface area contributed by atoms with E-state index in [1.807, 2.05) is 41.0 Å². The van der Waals surface area contributed by atoms with Crippen molar-refractivity contribution in [2.45, 2.75) is 31.7 Å². The Morgan fingerprint density at radius 3 is 2.54 bits per heavy atom. The monoisotopic (exact) mass is 516 g/mol. The summed E-state index contributed by atoms with van der Waals surface area (Å²) in [5.74, 6) is 1.72. The van der Waals surface area contributed by atoms with Crippen LogP contribution in [-0.2, 0) is 0 Å². The number of benzene rings is 2. The van der Waals surface area contributed by atoms with Gasteiger partial charge in [0.2, 0.25) is 0 Å². The molecule has 0 amide bonds. The summed E-state index contributed by atoms with van der Waals surface area (Å²) in [6.45, 7) is 4.57. The fourth-order valence-electron chi connectivity index (χ4n) is 5.91. The van der Waals surface area contributed by atoms with Crippen LogP contribution in [0.2, 0.25) is 5.02 Å². The molecule has 0 unspecified atom stereocenters. The van der Waals surface area contributed by atoms with Gasteiger partial charge < -0.3 is 19.4 Å². The number of piperidine rings is 1. The highest BCUT2D eigenvalue weighted by Crippen LogP contribution is 2.43. The molecule has 37 heavy (non-hydrogen) atoms. The normalized spacial score (nSPS) is 17.0. The molecule has 6 rings (SSSR count). The lowest BCUT2D eigenvalue weighted by Gasteiger charge is -2.39. The van der Waals surface area contributed by atoms with Crippen LogP contribution in [0, 0.1) is 0 Å². The van der Waals surface area contributed by atoms with Crippen molar-refractivity contribution in [2.75, 3.05) is 50.1 Å². The molecule has 4 heterocycles. The van der Waals surface area contributed by atoms with Gasteiger partial charge in [0.1, 0.15) is 11.6 Å². The Morgan fingerprint density at radius 1 is 0.973 bits per heavy atom. The average molecular weight is 517 g/mol. The molecule has 4 aromatic rings. The third kappa shape index (κ3) is 4.62. The quantitative estimate of drug-likeness (QED) is 0.318. The van der Waals surface area contributed by atoms with E-state index in [-0.39, 0.29) is 0 Å². The van der Waals surface area contributed by atoms with Crippen LogP contribution in [0.25, 0.3) is 16.8 Å². The van der Waals surface area contributed by atoms with Gasteiger partial charge in [-0.2, -0.15) is 9.61 Å². The molecule has 8 heteroatoms. The fraction of sp³-hybridized carbons (Fsp3) is 0.379. The van der Waals surface area contributed by atoms with Crippen molar-refractivity contribution < 1.29 is 4.74 Å². The number of ether oxygens (including phenoxy) is 1. The maximum atomic E-state index is 6.43. The minimum atomic E-state index is 0.693. The lowest BCUT2D eigenvalue weighted by atomic mass is 9.97. The Hall–Kier alpha value is -3.29. The smallest absolute Gasteiger partial charge is 0.157 e. The molecule has 7 nitrogen and oxygen atoms in total. The zero-order chi connectivity index (χ0) is 25.4. The molecule has 0 aliphatic carbocycles. The Balaban J connectivity index is 1.42. The number of halogens is 1. The number of rotatable bonds is 6. The summed E-state index contributed by atoms with van der Waals surface area (Å²) in [6, 6.07) is 17.1. The van der Waals surface area contributed by atoms with Crippen LogP contribution in [0.15, 0.2) is 60.9 Å². The number of methoxy groups -OCH3 is 1. The highest BCUT2D eigenvalue weighted by Gasteiger charge is 2.28. The topological polar surface area (TPSA) is 49.1 Å². The summed E-state index contributed by atoms with van der Waals surface area (Å²) in [5.41, 5.74) is 5.22. The first-order valence-corrected chi connectivity index (χ1v) is 13.5. The van der Waals surface area contributed by atoms with Gasteiger partial charge >= 0.3 is 0 Å². The van der Waals surface area contributed by atoms with E-state index in [4.69, 9.17) is 16.3 Å². The van der Waals surface area contributed by atoms with E-state index in [2.05, 4.69) is 50.0 Å². The lowest BCUT2D eigenvalue weighted by Crippen LogP contribution is -2.44. The van der Waals surface area contributed by atoms with Crippen molar-refractivity contribution in [3.05, 3.63) is 65.9 Å². The van der Waals surface area contributed by atoms with Gasteiger partial charge in [0.05, 0.1) is 19.0 Å². The van der Waals surface area contributed by atoms with Gasteiger partial charge in [-0.1, -0.05) is 23.7 Å². The minimum absolute atomic E-state index is 0.693. The third-order valence-corrected chi connectivity index (χ3v) is 8.11. The molecule has 2 fully saturated rings. The zero-order valence-electron chi connectivity index (χ0n) is 21.5. The number of nitrogens with zero attached hydrogens (tertiary/aromatic N) is 6. The molecule has 0 atom stereocenters. The molecule has 2 aliphatic rings. The fourth-order valence-corrected chi connectivity index (χ4v) is 6.10. The summed E-state index contributed by atoms with van der Waals surface area (Å²) >= 11 is 6.43. The molecular weight excluding hydrogens is 484 g/mol. The summed E-state index contributed by atoms with van der Waals surface area (Å²) in [4.78, 5) is 11.8. The highest BCUT2D eigenvalue weighted by atomic mass is 35.5. The minimum Gasteiger partial charge on any atom is -0.495 e. The molecule has 0 spiro atoms. The second-order valence-corrected chi connectivity index (χ2v) is 10.4. The molecule has 0 saturated carbocycles. The molecule has 0 N–H and O–H groups in total. The van der Waals surface area contributed by atoms with Gasteiger partial charge in [-0.05, 0) is 74.7 Å². The van der Waals surface area contributed by atoms with E-state index in [1.165, 1.54) is 44.5 Å². The van der Waals surface area contributed by atoms with Crippen molar-refractivity contribution >= 4 is 34.4 Å². The van der Waals surface area contributed by atoms with Gasteiger partial charge in [0, 0.05) is 54.7 Å². The van der Waals surface area contributed by atoms with Gasteiger partial charge in [0.15, 0.2) is 5.65 Å². The van der Waals surface area contributed by atoms with Crippen LogP contribution in [0.3, 0.4) is 0 Å². The Bertz CT molecular complexity index is 1390. The van der Waals surface area contributed by atoms with Crippen LogP contribution in [-0.4, -0.2) is 65.9 Å². The van der Waals surface area contributed by atoms with E-state index in [0.717, 1.165) is 52.1 Å². The number of likely N-dealkylation sites (tertiary alicyclic amines) is 1. The maximum absolute atomic E-state index is 6.43. The predicted molar refractivity (Wildman–Crippen MR) is 151 cm³/mol. The van der Waals surface area contributed by atoms with E-state index >= 15 is 0 Å². The van der Waals surface area contributed by atoms with Crippen molar-refractivity contribution in [3.63, 3.8) is 0 Å². The Morgan fingerprint density at radius 2 is 1.78 bits per heavy atom. The number of anilines is 3. The average Bonchev–Trinajstić information content (AvgIpc) is 3.65. The second-order valence-electron chi connectivity index (χ2n) is 9.98. The first kappa shape index (κ1) is 24.1. The summed E-state index contributed by atoms with van der Waals surface area (Å²) in [5, 5.41) is 5.23. The van der Waals surface area contributed by atoms with Crippen molar-refractivity contribution in [1.29, 1.82) is 0 Å². The van der Waals surface area contributed by atoms with Crippen molar-refractivity contribution in [3.8, 4) is 16.9 Å². The molecule has 2 aliphatic heterocycles. The number of fused-ring (bicyclic) bond motifs is 1. The lowest BCUT2D eigenvalue weighted by molar-refractivity contribution is 0.208. The molecule has 0 bridgehead atoms. The number of aromatic nitrogens is 3. The molecular formula is C29H33ClN6O. The first-order valence-electron chi connectivity index (χ1n) is 13.1. The van der Waals surface area contributed by atoms with E-state index in [1.54, 1.807) is 13.3 Å². The molecule has 2 aromatic carbocycles. The van der Waals surface area contributed by atoms with Crippen LogP contribution in [0.5, 0.6) is 5.75 Å². The Kier molecular flexibility index (Phi) is 6.65. The summed E-state index contributed by atoms with van der Waals surface area (Å²) in [6.07, 6.45) is 8.64. The molecule has 2 aromatic heterocycles. The van der Waals surface area contributed by atoms with Gasteiger partial charge in [0.25, 0.3) is 0 Å². The maximum Gasteiger partial charge on any atom is 0.157 e. The second kappa shape index (κ2) is 10.2. The van der Waals surface area contributed by atoms with E-state index in [9.17, 15) is 0 Å². The number of hydrogen-bond donors (Lipinski definition) is 0. The molecule has 192 valence electrons. The van der Waals surface area contributed by atoms with Crippen LogP contribution in [0.4, 0.5) is 17.2 Å². The van der Waals surface area contributed by atoms with E-state index in [0.29, 0.717) is 6.04 Å². The zero-order valence-corrected chi connectivity index (χ0v) is 22.2. The molecule has 2 saturated heterocycles. The van der Waals surface area contributed by atoms with Gasteiger partial charge in [-0.3, -0.25) is 0 Å². The van der Waals surface area contributed by atoms with Gasteiger partial charge in [-0.15, -0.1) is 0 Å². The molecule has 0 radical (unpaired) electrons. The van der Waals surface area contributed by atoms with Crippen LogP contribution < -0.4 is 14.5 Å². The van der Waals surface area contributed by atoms with Crippen molar-refractivity contribution in [1.82, 2.24) is 19.5 Å². The summed E-state index contributed by atoms with van der Waals surface area (Å²) in [7, 11) is 3.78. The van der Waals surface area contributed by atoms with Crippen molar-refractivity contribution in [2.24, 2.45) is 0 Å². The standard InChI is InChI=1S/C29H33ClN6O/c1-33(29-9-12-31-28-8-13-32-36(28)29)26-20-25(35-16-10-23(11-17-35)34-14-3-4-15-34)24(19-27(26)37-2)21-6-5-7-22(30)18-21/h5-9,12-13,18-20,23H,3-4,10-11,14-17H2,1-2H3. The van der Waals surface area contributed by atoms with Gasteiger partial charge in [-0.25, -0.2) is 4.98 Å². The van der Waals surface area contributed by atoms with Crippen LogP contribution in [0.1, 0.15) is 25.7 Å². The SMILES string of the molecule is COc1cc(-c2cccc(Cl)c2)c(N2CCC(N3CCCC3)CC2)cc1N(C)c1ccnc2ccnn12. The highest BCUT2D eigenvalue weighted by molar-refractivity contribution is 6.30. The summed E-state index contributed by atoms with van der Waals surface area (Å²) < 4.78 is 7.81. The van der Waals surface area contributed by atoms with E-state index < -0.39 is 0 Å².